The van der Waals surface area contributed by atoms with Crippen LogP contribution in [0.25, 0.3) is 4.96 Å². The molecule has 2 rings (SSSR count). The van der Waals surface area contributed by atoms with Crippen molar-refractivity contribution < 1.29 is 4.84 Å². The van der Waals surface area contributed by atoms with Crippen LogP contribution in [-0.4, -0.2) is 9.38 Å². The van der Waals surface area contributed by atoms with Gasteiger partial charge in [0.1, 0.15) is 5.60 Å². The third kappa shape index (κ3) is 1.25. The molecule has 5 heteroatoms. The van der Waals surface area contributed by atoms with Crippen molar-refractivity contribution in [1.29, 1.82) is 0 Å². The standard InChI is InChI=1S/C9H13N3OS/c1-6-7(9(2,3)13-10)12-4-5-14-8(12)11-6/h4-5H,10H2,1-3H3. The van der Waals surface area contributed by atoms with Gasteiger partial charge in [-0.05, 0) is 20.8 Å². The lowest BCUT2D eigenvalue weighted by atomic mass is 10.0. The van der Waals surface area contributed by atoms with Crippen molar-refractivity contribution in [2.75, 3.05) is 0 Å². The number of nitrogens with two attached hydrogens (primary N) is 1. The van der Waals surface area contributed by atoms with E-state index in [4.69, 9.17) is 10.7 Å². The second-order valence-corrected chi connectivity index (χ2v) is 4.60. The number of rotatable bonds is 2. The smallest absolute Gasteiger partial charge is 0.194 e. The molecule has 0 aliphatic rings. The van der Waals surface area contributed by atoms with Gasteiger partial charge >= 0.3 is 0 Å². The number of hydrogen-bond donors (Lipinski definition) is 1. The molecule has 0 amide bonds. The highest BCUT2D eigenvalue weighted by Gasteiger charge is 2.27. The Balaban J connectivity index is 2.70. The zero-order chi connectivity index (χ0) is 10.3. The van der Waals surface area contributed by atoms with Gasteiger partial charge in [-0.25, -0.2) is 10.9 Å². The lowest BCUT2D eigenvalue weighted by molar-refractivity contribution is -0.0278. The molecule has 0 radical (unpaired) electrons. The monoisotopic (exact) mass is 211 g/mol. The van der Waals surface area contributed by atoms with Crippen molar-refractivity contribution in [3.05, 3.63) is 23.0 Å². The Bertz CT molecular complexity index is 458. The maximum atomic E-state index is 5.29. The largest absolute Gasteiger partial charge is 0.292 e. The first kappa shape index (κ1) is 9.64. The lowest BCUT2D eigenvalue weighted by Gasteiger charge is -2.21. The van der Waals surface area contributed by atoms with Crippen molar-refractivity contribution in [1.82, 2.24) is 9.38 Å². The molecule has 0 fully saturated rings. The topological polar surface area (TPSA) is 52.5 Å². The molecule has 0 saturated heterocycles. The Kier molecular flexibility index (Phi) is 2.10. The van der Waals surface area contributed by atoms with Crippen LogP contribution < -0.4 is 5.90 Å². The second kappa shape index (κ2) is 3.05. The summed E-state index contributed by atoms with van der Waals surface area (Å²) >= 11 is 1.60. The Morgan fingerprint density at radius 1 is 1.57 bits per heavy atom. The van der Waals surface area contributed by atoms with Crippen LogP contribution in [0, 0.1) is 6.92 Å². The molecule has 0 bridgehead atoms. The van der Waals surface area contributed by atoms with Crippen LogP contribution in [0.5, 0.6) is 0 Å². The minimum Gasteiger partial charge on any atom is -0.292 e. The van der Waals surface area contributed by atoms with E-state index in [1.165, 1.54) is 0 Å². The zero-order valence-corrected chi connectivity index (χ0v) is 9.26. The molecule has 0 aliphatic heterocycles. The molecule has 76 valence electrons. The molecule has 0 saturated carbocycles. The average molecular weight is 211 g/mol. The summed E-state index contributed by atoms with van der Waals surface area (Å²) in [7, 11) is 0. The van der Waals surface area contributed by atoms with Gasteiger partial charge in [0.25, 0.3) is 0 Å². The van der Waals surface area contributed by atoms with E-state index in [2.05, 4.69) is 4.98 Å². The number of nitrogens with zero attached hydrogens (tertiary/aromatic N) is 2. The fraction of sp³-hybridized carbons (Fsp3) is 0.444. The van der Waals surface area contributed by atoms with Crippen LogP contribution in [0.4, 0.5) is 0 Å². The van der Waals surface area contributed by atoms with Crippen LogP contribution in [0.3, 0.4) is 0 Å². The maximum Gasteiger partial charge on any atom is 0.194 e. The molecule has 4 nitrogen and oxygen atoms in total. The van der Waals surface area contributed by atoms with Crippen molar-refractivity contribution in [2.24, 2.45) is 5.90 Å². The number of aromatic nitrogens is 2. The number of hydrogen-bond acceptors (Lipinski definition) is 4. The van der Waals surface area contributed by atoms with E-state index in [0.29, 0.717) is 0 Å². The van der Waals surface area contributed by atoms with E-state index in [-0.39, 0.29) is 0 Å². The molecular formula is C9H13N3OS. The van der Waals surface area contributed by atoms with E-state index < -0.39 is 5.60 Å². The van der Waals surface area contributed by atoms with Gasteiger partial charge in [-0.1, -0.05) is 0 Å². The van der Waals surface area contributed by atoms with E-state index in [0.717, 1.165) is 16.3 Å². The third-order valence-electron chi connectivity index (χ3n) is 2.30. The highest BCUT2D eigenvalue weighted by Crippen LogP contribution is 2.28. The van der Waals surface area contributed by atoms with E-state index in [9.17, 15) is 0 Å². The minimum absolute atomic E-state index is 0.509. The van der Waals surface area contributed by atoms with Gasteiger partial charge in [-0.15, -0.1) is 11.3 Å². The summed E-state index contributed by atoms with van der Waals surface area (Å²) < 4.78 is 2.02. The van der Waals surface area contributed by atoms with Crippen molar-refractivity contribution >= 4 is 16.3 Å². The number of thiazole rings is 1. The summed E-state index contributed by atoms with van der Waals surface area (Å²) in [6.07, 6.45) is 1.98. The summed E-state index contributed by atoms with van der Waals surface area (Å²) in [6, 6.07) is 0. The van der Waals surface area contributed by atoms with Gasteiger partial charge < -0.3 is 0 Å². The van der Waals surface area contributed by atoms with Crippen LogP contribution >= 0.6 is 11.3 Å². The Morgan fingerprint density at radius 3 is 2.93 bits per heavy atom. The van der Waals surface area contributed by atoms with E-state index in [1.54, 1.807) is 11.3 Å². The molecule has 14 heavy (non-hydrogen) atoms. The minimum atomic E-state index is -0.509. The summed E-state index contributed by atoms with van der Waals surface area (Å²) in [4.78, 5) is 10.4. The lowest BCUT2D eigenvalue weighted by Crippen LogP contribution is -2.27. The Labute approximate surface area is 86.3 Å². The zero-order valence-electron chi connectivity index (χ0n) is 8.44. The SMILES string of the molecule is Cc1nc2sccn2c1C(C)(C)ON. The molecule has 0 aromatic carbocycles. The predicted molar refractivity (Wildman–Crippen MR) is 56.1 cm³/mol. The average Bonchev–Trinajstić information content (AvgIpc) is 2.62. The first-order valence-electron chi connectivity index (χ1n) is 4.37. The van der Waals surface area contributed by atoms with E-state index >= 15 is 0 Å². The van der Waals surface area contributed by atoms with E-state index in [1.807, 2.05) is 36.7 Å². The van der Waals surface area contributed by atoms with Crippen molar-refractivity contribution in [3.63, 3.8) is 0 Å². The normalized spacial score (nSPS) is 12.6. The molecule has 2 N–H and O–H groups in total. The molecule has 0 unspecified atom stereocenters. The van der Waals surface area contributed by atoms with Gasteiger partial charge in [0.15, 0.2) is 4.96 Å². The van der Waals surface area contributed by atoms with Crippen LogP contribution in [0.1, 0.15) is 25.2 Å². The molecule has 0 atom stereocenters. The van der Waals surface area contributed by atoms with Gasteiger partial charge in [-0.3, -0.25) is 9.24 Å². The predicted octanol–water partition coefficient (Wildman–Crippen LogP) is 1.83. The molecular weight excluding hydrogens is 198 g/mol. The molecule has 2 aromatic rings. The summed E-state index contributed by atoms with van der Waals surface area (Å²) in [5.74, 6) is 5.29. The number of imidazole rings is 1. The highest BCUT2D eigenvalue weighted by atomic mass is 32.1. The van der Waals surface area contributed by atoms with Crippen LogP contribution in [0.15, 0.2) is 11.6 Å². The highest BCUT2D eigenvalue weighted by molar-refractivity contribution is 7.15. The first-order chi connectivity index (χ1) is 6.56. The maximum absolute atomic E-state index is 5.29. The fourth-order valence-electron chi connectivity index (χ4n) is 1.68. The first-order valence-corrected chi connectivity index (χ1v) is 5.25. The summed E-state index contributed by atoms with van der Waals surface area (Å²) in [6.45, 7) is 5.83. The molecule has 2 aromatic heterocycles. The van der Waals surface area contributed by atoms with Crippen molar-refractivity contribution in [2.45, 2.75) is 26.4 Å². The van der Waals surface area contributed by atoms with Gasteiger partial charge in [-0.2, -0.15) is 0 Å². The number of aryl methyl sites for hydroxylation is 1. The quantitative estimate of drug-likeness (QED) is 0.771. The van der Waals surface area contributed by atoms with Gasteiger partial charge in [0.05, 0.1) is 11.4 Å². The third-order valence-corrected chi connectivity index (χ3v) is 3.06. The number of fused-ring (bicyclic) bond motifs is 1. The Morgan fingerprint density at radius 2 is 2.29 bits per heavy atom. The van der Waals surface area contributed by atoms with Crippen molar-refractivity contribution in [3.8, 4) is 0 Å². The molecule has 0 spiro atoms. The molecule has 0 aliphatic carbocycles. The second-order valence-electron chi connectivity index (χ2n) is 3.73. The van der Waals surface area contributed by atoms with Crippen LogP contribution in [0.2, 0.25) is 0 Å². The van der Waals surface area contributed by atoms with Gasteiger partial charge in [0, 0.05) is 11.6 Å². The summed E-state index contributed by atoms with van der Waals surface area (Å²) in [5, 5.41) is 2.00. The molecule has 2 heterocycles. The Hall–Kier alpha value is -0.910. The van der Waals surface area contributed by atoms with Crippen LogP contribution in [-0.2, 0) is 10.4 Å². The summed E-state index contributed by atoms with van der Waals surface area (Å²) in [5.41, 5.74) is 1.47. The fourth-order valence-corrected chi connectivity index (χ4v) is 2.44. The van der Waals surface area contributed by atoms with Gasteiger partial charge in [0.2, 0.25) is 0 Å².